The van der Waals surface area contributed by atoms with Gasteiger partial charge in [0.25, 0.3) is 0 Å². The number of carbonyl (C=O) groups is 2. The first-order valence-corrected chi connectivity index (χ1v) is 6.31. The third kappa shape index (κ3) is 3.24. The van der Waals surface area contributed by atoms with Gasteiger partial charge in [0.05, 0.1) is 11.3 Å². The highest BCUT2D eigenvalue weighted by Crippen LogP contribution is 2.19. The van der Waals surface area contributed by atoms with Crippen LogP contribution in [-0.2, 0) is 0 Å². The Labute approximate surface area is 115 Å². The van der Waals surface area contributed by atoms with Crippen LogP contribution in [0.5, 0.6) is 0 Å². The summed E-state index contributed by atoms with van der Waals surface area (Å²) in [5.74, 6) is -1.84. The lowest BCUT2D eigenvalue weighted by Gasteiger charge is -2.30. The number of hydrogen-bond donors (Lipinski definition) is 3. The fourth-order valence-corrected chi connectivity index (χ4v) is 2.20. The Morgan fingerprint density at radius 1 is 1.45 bits per heavy atom. The normalized spacial score (nSPS) is 18.7. The lowest BCUT2D eigenvalue weighted by molar-refractivity contribution is 0.0698. The van der Waals surface area contributed by atoms with Crippen LogP contribution in [0.25, 0.3) is 0 Å². The number of carboxylic acids is 1. The molecule has 2 rings (SSSR count). The first-order valence-electron chi connectivity index (χ1n) is 6.31. The SMILES string of the molecule is NC1CCCN(C(=O)Nc2cc(F)ccc2C(=O)O)C1. The molecule has 6 nitrogen and oxygen atoms in total. The number of urea groups is 1. The highest BCUT2D eigenvalue weighted by Gasteiger charge is 2.22. The average Bonchev–Trinajstić information content (AvgIpc) is 2.38. The average molecular weight is 281 g/mol. The molecule has 4 N–H and O–H groups in total. The maximum absolute atomic E-state index is 13.2. The van der Waals surface area contributed by atoms with Gasteiger partial charge in [-0.05, 0) is 31.0 Å². The van der Waals surface area contributed by atoms with Crippen LogP contribution in [0.4, 0.5) is 14.9 Å². The Morgan fingerprint density at radius 2 is 2.20 bits per heavy atom. The minimum Gasteiger partial charge on any atom is -0.478 e. The van der Waals surface area contributed by atoms with Crippen molar-refractivity contribution in [3.63, 3.8) is 0 Å². The smallest absolute Gasteiger partial charge is 0.337 e. The maximum atomic E-state index is 13.2. The molecule has 2 amide bonds. The predicted octanol–water partition coefficient (Wildman–Crippen LogP) is 1.48. The molecule has 0 saturated carbocycles. The fourth-order valence-electron chi connectivity index (χ4n) is 2.20. The van der Waals surface area contributed by atoms with Gasteiger partial charge in [-0.15, -0.1) is 0 Å². The molecule has 1 aliphatic rings. The highest BCUT2D eigenvalue weighted by atomic mass is 19.1. The first-order chi connectivity index (χ1) is 9.47. The summed E-state index contributed by atoms with van der Waals surface area (Å²) in [5.41, 5.74) is 5.58. The minimum absolute atomic E-state index is 0.0540. The quantitative estimate of drug-likeness (QED) is 0.765. The number of nitrogens with one attached hydrogen (secondary N) is 1. The third-order valence-electron chi connectivity index (χ3n) is 3.20. The second kappa shape index (κ2) is 5.87. The second-order valence-electron chi connectivity index (χ2n) is 4.77. The number of nitrogens with two attached hydrogens (primary N) is 1. The number of rotatable bonds is 2. The van der Waals surface area contributed by atoms with Gasteiger partial charge < -0.3 is 21.1 Å². The van der Waals surface area contributed by atoms with Crippen LogP contribution in [0.1, 0.15) is 23.2 Å². The van der Waals surface area contributed by atoms with Crippen LogP contribution >= 0.6 is 0 Å². The molecule has 1 aromatic carbocycles. The molecule has 1 unspecified atom stereocenters. The zero-order valence-corrected chi connectivity index (χ0v) is 10.8. The molecule has 1 heterocycles. The van der Waals surface area contributed by atoms with Crippen molar-refractivity contribution in [1.29, 1.82) is 0 Å². The van der Waals surface area contributed by atoms with Crippen molar-refractivity contribution in [2.75, 3.05) is 18.4 Å². The standard InChI is InChI=1S/C13H16FN3O3/c14-8-3-4-10(12(18)19)11(6-8)16-13(20)17-5-1-2-9(15)7-17/h3-4,6,9H,1-2,5,7,15H2,(H,16,20)(H,18,19). The number of halogens is 1. The first kappa shape index (κ1) is 14.3. The van der Waals surface area contributed by atoms with E-state index >= 15 is 0 Å². The highest BCUT2D eigenvalue weighted by molar-refractivity contribution is 6.00. The number of nitrogens with zero attached hydrogens (tertiary/aromatic N) is 1. The lowest BCUT2D eigenvalue weighted by Crippen LogP contribution is -2.47. The number of carboxylic acid groups (broad SMARTS) is 1. The molecule has 1 saturated heterocycles. The van der Waals surface area contributed by atoms with Crippen molar-refractivity contribution in [1.82, 2.24) is 4.90 Å². The number of hydrogen-bond acceptors (Lipinski definition) is 3. The lowest BCUT2D eigenvalue weighted by atomic mass is 10.1. The Hall–Kier alpha value is -2.15. The van der Waals surface area contributed by atoms with Crippen LogP contribution in [0.3, 0.4) is 0 Å². The Morgan fingerprint density at radius 3 is 2.85 bits per heavy atom. The van der Waals surface area contributed by atoms with Gasteiger partial charge in [-0.3, -0.25) is 0 Å². The van der Waals surface area contributed by atoms with Gasteiger partial charge in [-0.2, -0.15) is 0 Å². The fraction of sp³-hybridized carbons (Fsp3) is 0.385. The zero-order valence-electron chi connectivity index (χ0n) is 10.8. The van der Waals surface area contributed by atoms with Gasteiger partial charge in [0.2, 0.25) is 0 Å². The largest absolute Gasteiger partial charge is 0.478 e. The van der Waals surface area contributed by atoms with Crippen molar-refractivity contribution in [3.8, 4) is 0 Å². The summed E-state index contributed by atoms with van der Waals surface area (Å²) in [5, 5.41) is 11.4. The molecule has 0 aliphatic carbocycles. The summed E-state index contributed by atoms with van der Waals surface area (Å²) in [6.45, 7) is 0.959. The van der Waals surface area contributed by atoms with E-state index in [0.717, 1.165) is 31.0 Å². The predicted molar refractivity (Wildman–Crippen MR) is 71.2 cm³/mol. The summed E-state index contributed by atoms with van der Waals surface area (Å²) in [6.07, 6.45) is 1.65. The molecular formula is C13H16FN3O3. The van der Waals surface area contributed by atoms with Gasteiger partial charge in [0.15, 0.2) is 0 Å². The molecule has 1 aliphatic heterocycles. The van der Waals surface area contributed by atoms with E-state index in [1.54, 1.807) is 0 Å². The number of amides is 2. The number of carbonyl (C=O) groups excluding carboxylic acids is 1. The van der Waals surface area contributed by atoms with Crippen molar-refractivity contribution >= 4 is 17.7 Å². The molecule has 0 bridgehead atoms. The van der Waals surface area contributed by atoms with Crippen LogP contribution in [-0.4, -0.2) is 41.1 Å². The Balaban J connectivity index is 2.14. The van der Waals surface area contributed by atoms with Crippen LogP contribution < -0.4 is 11.1 Å². The van der Waals surface area contributed by atoms with Crippen LogP contribution in [0.15, 0.2) is 18.2 Å². The molecule has 1 fully saturated rings. The number of piperidine rings is 1. The summed E-state index contributed by atoms with van der Waals surface area (Å²) in [4.78, 5) is 24.6. The molecule has 20 heavy (non-hydrogen) atoms. The molecule has 0 spiro atoms. The molecule has 7 heteroatoms. The topological polar surface area (TPSA) is 95.7 Å². The molecule has 1 aromatic rings. The number of anilines is 1. The number of aromatic carboxylic acids is 1. The minimum atomic E-state index is -1.23. The van der Waals surface area contributed by atoms with Crippen molar-refractivity contribution in [2.45, 2.75) is 18.9 Å². The third-order valence-corrected chi connectivity index (χ3v) is 3.20. The molecule has 0 aromatic heterocycles. The monoisotopic (exact) mass is 281 g/mol. The van der Waals surface area contributed by atoms with Crippen LogP contribution in [0.2, 0.25) is 0 Å². The Kier molecular flexibility index (Phi) is 4.19. The van der Waals surface area contributed by atoms with Gasteiger partial charge in [-0.1, -0.05) is 0 Å². The molecule has 0 radical (unpaired) electrons. The second-order valence-corrected chi connectivity index (χ2v) is 4.77. The molecule has 1 atom stereocenters. The van der Waals surface area contributed by atoms with Gasteiger partial charge in [0.1, 0.15) is 5.82 Å². The van der Waals surface area contributed by atoms with Gasteiger partial charge in [0, 0.05) is 19.1 Å². The molecule has 108 valence electrons. The maximum Gasteiger partial charge on any atom is 0.337 e. The summed E-state index contributed by atoms with van der Waals surface area (Å²) < 4.78 is 13.2. The van der Waals surface area contributed by atoms with Gasteiger partial charge in [-0.25, -0.2) is 14.0 Å². The number of likely N-dealkylation sites (tertiary alicyclic amines) is 1. The van der Waals surface area contributed by atoms with Crippen molar-refractivity contribution in [3.05, 3.63) is 29.6 Å². The van der Waals surface area contributed by atoms with E-state index in [-0.39, 0.29) is 17.3 Å². The van der Waals surface area contributed by atoms with E-state index in [1.165, 1.54) is 4.90 Å². The molecular weight excluding hydrogens is 265 g/mol. The summed E-state index contributed by atoms with van der Waals surface area (Å²) in [7, 11) is 0. The number of benzene rings is 1. The van der Waals surface area contributed by atoms with Crippen molar-refractivity contribution < 1.29 is 19.1 Å². The summed E-state index contributed by atoms with van der Waals surface area (Å²) in [6, 6.07) is 2.60. The van der Waals surface area contributed by atoms with Crippen molar-refractivity contribution in [2.24, 2.45) is 5.73 Å². The van der Waals surface area contributed by atoms with E-state index in [1.807, 2.05) is 0 Å². The van der Waals surface area contributed by atoms with E-state index in [0.29, 0.717) is 13.1 Å². The van der Waals surface area contributed by atoms with E-state index < -0.39 is 17.8 Å². The van der Waals surface area contributed by atoms with E-state index in [2.05, 4.69) is 5.32 Å². The summed E-state index contributed by atoms with van der Waals surface area (Å²) >= 11 is 0. The van der Waals surface area contributed by atoms with E-state index in [9.17, 15) is 14.0 Å². The van der Waals surface area contributed by atoms with Crippen LogP contribution in [0, 0.1) is 5.82 Å². The van der Waals surface area contributed by atoms with Gasteiger partial charge >= 0.3 is 12.0 Å². The Bertz CT molecular complexity index is 536. The zero-order chi connectivity index (χ0) is 14.7. The van der Waals surface area contributed by atoms with E-state index in [4.69, 9.17) is 10.8 Å².